The van der Waals surface area contributed by atoms with Crippen molar-refractivity contribution >= 4 is 54.3 Å². The van der Waals surface area contributed by atoms with Gasteiger partial charge in [0.25, 0.3) is 0 Å². The minimum atomic E-state index is 0.900. The molecule has 9 aromatic rings. The molecule has 3 aromatic heterocycles. The molecule has 9 rings (SSSR count). The maximum Gasteiger partial charge on any atom is 0.143 e. The van der Waals surface area contributed by atoms with Gasteiger partial charge in [0, 0.05) is 39.7 Å². The summed E-state index contributed by atoms with van der Waals surface area (Å²) in [5.41, 5.74) is 8.22. The summed E-state index contributed by atoms with van der Waals surface area (Å²) in [7, 11) is 0. The summed E-state index contributed by atoms with van der Waals surface area (Å²) < 4.78 is 6.44. The molecule has 3 heteroatoms. The molecule has 0 N–H and O–H groups in total. The molecule has 3 nitrogen and oxygen atoms in total. The maximum absolute atomic E-state index is 6.44. The molecule has 0 aliphatic heterocycles. The summed E-state index contributed by atoms with van der Waals surface area (Å²) in [5.74, 6) is 0. The van der Waals surface area contributed by atoms with Crippen molar-refractivity contribution in [3.8, 4) is 33.6 Å². The first-order chi connectivity index (χ1) is 21.3. The number of aromatic nitrogens is 2. The van der Waals surface area contributed by atoms with E-state index in [9.17, 15) is 0 Å². The second kappa shape index (κ2) is 9.37. The molecular formula is C40H24N2O. The van der Waals surface area contributed by atoms with Crippen LogP contribution in [0.3, 0.4) is 0 Å². The van der Waals surface area contributed by atoms with E-state index in [-0.39, 0.29) is 0 Å². The van der Waals surface area contributed by atoms with Crippen LogP contribution in [-0.4, -0.2) is 9.97 Å². The SMILES string of the molecule is c1cncc(-c2cccc(-c3c4ccccc4c(-c4ccc5oc6c7ccccc7ccc6c5c4)c4ccccc34)n2)c1. The third-order valence-corrected chi connectivity index (χ3v) is 8.54. The van der Waals surface area contributed by atoms with Gasteiger partial charge in [-0.3, -0.25) is 4.98 Å². The number of hydrogen-bond donors (Lipinski definition) is 0. The van der Waals surface area contributed by atoms with Gasteiger partial charge in [-0.1, -0.05) is 91.0 Å². The summed E-state index contributed by atoms with van der Waals surface area (Å²) in [4.78, 5) is 9.47. The average Bonchev–Trinajstić information content (AvgIpc) is 3.46. The van der Waals surface area contributed by atoms with E-state index in [1.54, 1.807) is 6.20 Å². The number of nitrogens with zero attached hydrogens (tertiary/aromatic N) is 2. The lowest BCUT2D eigenvalue weighted by Crippen LogP contribution is -1.93. The molecule has 0 radical (unpaired) electrons. The van der Waals surface area contributed by atoms with E-state index in [4.69, 9.17) is 9.40 Å². The van der Waals surface area contributed by atoms with Gasteiger partial charge >= 0.3 is 0 Å². The van der Waals surface area contributed by atoms with Gasteiger partial charge in [-0.15, -0.1) is 0 Å². The Bertz CT molecular complexity index is 2450. The number of hydrogen-bond acceptors (Lipinski definition) is 3. The van der Waals surface area contributed by atoms with Crippen LogP contribution in [0, 0.1) is 0 Å². The lowest BCUT2D eigenvalue weighted by molar-refractivity contribution is 0.672. The van der Waals surface area contributed by atoms with E-state index in [0.29, 0.717) is 0 Å². The topological polar surface area (TPSA) is 38.9 Å². The minimum Gasteiger partial charge on any atom is -0.455 e. The van der Waals surface area contributed by atoms with Gasteiger partial charge in [-0.2, -0.15) is 0 Å². The highest BCUT2D eigenvalue weighted by molar-refractivity contribution is 6.22. The Hall–Kier alpha value is -5.80. The lowest BCUT2D eigenvalue weighted by atomic mass is 9.87. The number of pyridine rings is 2. The van der Waals surface area contributed by atoms with Crippen molar-refractivity contribution in [1.82, 2.24) is 9.97 Å². The van der Waals surface area contributed by atoms with Crippen LogP contribution < -0.4 is 0 Å². The Kier molecular flexibility index (Phi) is 5.20. The lowest BCUT2D eigenvalue weighted by Gasteiger charge is -2.17. The number of benzene rings is 6. The van der Waals surface area contributed by atoms with Crippen molar-refractivity contribution in [2.75, 3.05) is 0 Å². The normalized spacial score (nSPS) is 11.7. The third kappa shape index (κ3) is 3.68. The first-order valence-electron chi connectivity index (χ1n) is 14.5. The fourth-order valence-corrected chi connectivity index (χ4v) is 6.62. The van der Waals surface area contributed by atoms with Crippen LogP contribution in [0.1, 0.15) is 0 Å². The molecule has 0 atom stereocenters. The van der Waals surface area contributed by atoms with E-state index < -0.39 is 0 Å². The predicted octanol–water partition coefficient (Wildman–Crippen LogP) is 10.8. The maximum atomic E-state index is 6.44. The Morgan fingerprint density at radius 1 is 0.442 bits per heavy atom. The largest absolute Gasteiger partial charge is 0.455 e. The molecule has 0 fully saturated rings. The van der Waals surface area contributed by atoms with Crippen molar-refractivity contribution in [2.45, 2.75) is 0 Å². The zero-order valence-corrected chi connectivity index (χ0v) is 23.2. The summed E-state index contributed by atoms with van der Waals surface area (Å²) in [6, 6.07) is 47.0. The van der Waals surface area contributed by atoms with Gasteiger partial charge in [0.05, 0.1) is 11.4 Å². The highest BCUT2D eigenvalue weighted by Crippen LogP contribution is 2.45. The quantitative estimate of drug-likeness (QED) is 0.206. The van der Waals surface area contributed by atoms with Gasteiger partial charge in [-0.05, 0) is 80.5 Å². The number of rotatable bonds is 3. The van der Waals surface area contributed by atoms with E-state index in [2.05, 4.69) is 126 Å². The molecule has 3 heterocycles. The molecule has 0 saturated heterocycles. The molecule has 0 saturated carbocycles. The first kappa shape index (κ1) is 23.9. The highest BCUT2D eigenvalue weighted by atomic mass is 16.3. The fraction of sp³-hybridized carbons (Fsp3) is 0. The smallest absolute Gasteiger partial charge is 0.143 e. The zero-order valence-electron chi connectivity index (χ0n) is 23.2. The van der Waals surface area contributed by atoms with Crippen LogP contribution in [0.25, 0.3) is 87.9 Å². The standard InChI is InChI=1S/C40H24N2O/c1-2-11-28-25(9-1)18-20-33-34-23-26(19-21-37(34)43-40(28)33)38-29-12-3-5-14-31(29)39(32-15-6-4-13-30(32)38)36-17-7-16-35(42-36)27-10-8-22-41-24-27/h1-24H. The van der Waals surface area contributed by atoms with Crippen molar-refractivity contribution in [1.29, 1.82) is 0 Å². The molecule has 0 aliphatic rings. The Morgan fingerprint density at radius 3 is 1.88 bits per heavy atom. The highest BCUT2D eigenvalue weighted by Gasteiger charge is 2.19. The van der Waals surface area contributed by atoms with Crippen molar-refractivity contribution in [2.24, 2.45) is 0 Å². The number of furan rings is 1. The monoisotopic (exact) mass is 548 g/mol. The number of fused-ring (bicyclic) bond motifs is 7. The average molecular weight is 549 g/mol. The van der Waals surface area contributed by atoms with Gasteiger partial charge in [0.2, 0.25) is 0 Å². The summed E-state index contributed by atoms with van der Waals surface area (Å²) in [5, 5.41) is 9.33. The summed E-state index contributed by atoms with van der Waals surface area (Å²) >= 11 is 0. The molecule has 0 bridgehead atoms. The predicted molar refractivity (Wildman–Crippen MR) is 178 cm³/mol. The summed E-state index contributed by atoms with van der Waals surface area (Å²) in [6.07, 6.45) is 3.66. The molecule has 43 heavy (non-hydrogen) atoms. The molecule has 200 valence electrons. The van der Waals surface area contributed by atoms with Gasteiger partial charge in [-0.25, -0.2) is 4.98 Å². The second-order valence-electron chi connectivity index (χ2n) is 11.0. The van der Waals surface area contributed by atoms with E-state index >= 15 is 0 Å². The van der Waals surface area contributed by atoms with Crippen LogP contribution in [-0.2, 0) is 0 Å². The van der Waals surface area contributed by atoms with Gasteiger partial charge in [0.15, 0.2) is 0 Å². The summed E-state index contributed by atoms with van der Waals surface area (Å²) in [6.45, 7) is 0. The fourth-order valence-electron chi connectivity index (χ4n) is 6.62. The van der Waals surface area contributed by atoms with E-state index in [0.717, 1.165) is 49.8 Å². The van der Waals surface area contributed by atoms with Crippen LogP contribution in [0.5, 0.6) is 0 Å². The van der Waals surface area contributed by atoms with Crippen LogP contribution in [0.15, 0.2) is 150 Å². The Labute approximate surface area is 247 Å². The van der Waals surface area contributed by atoms with Crippen molar-refractivity contribution in [3.05, 3.63) is 146 Å². The van der Waals surface area contributed by atoms with Gasteiger partial charge in [0.1, 0.15) is 11.2 Å². The second-order valence-corrected chi connectivity index (χ2v) is 11.0. The van der Waals surface area contributed by atoms with Crippen molar-refractivity contribution in [3.63, 3.8) is 0 Å². The molecule has 0 spiro atoms. The van der Waals surface area contributed by atoms with Crippen LogP contribution in [0.2, 0.25) is 0 Å². The van der Waals surface area contributed by atoms with Crippen LogP contribution >= 0.6 is 0 Å². The third-order valence-electron chi connectivity index (χ3n) is 8.54. The van der Waals surface area contributed by atoms with Gasteiger partial charge < -0.3 is 4.42 Å². The zero-order chi connectivity index (χ0) is 28.3. The van der Waals surface area contributed by atoms with Crippen LogP contribution in [0.4, 0.5) is 0 Å². The molecule has 6 aromatic carbocycles. The minimum absolute atomic E-state index is 0.900. The Morgan fingerprint density at radius 2 is 1.14 bits per heavy atom. The van der Waals surface area contributed by atoms with E-state index in [1.807, 2.05) is 18.3 Å². The van der Waals surface area contributed by atoms with Crippen molar-refractivity contribution < 1.29 is 4.42 Å². The Balaban J connectivity index is 1.33. The first-order valence-corrected chi connectivity index (χ1v) is 14.5. The molecule has 0 amide bonds. The molecule has 0 unspecified atom stereocenters. The molecule has 0 aliphatic carbocycles. The van der Waals surface area contributed by atoms with E-state index in [1.165, 1.54) is 38.1 Å². The molecular weight excluding hydrogens is 524 g/mol.